The van der Waals surface area contributed by atoms with Gasteiger partial charge in [0.25, 0.3) is 0 Å². The zero-order chi connectivity index (χ0) is 12.9. The predicted molar refractivity (Wildman–Crippen MR) is 67.3 cm³/mol. The van der Waals surface area contributed by atoms with E-state index in [4.69, 9.17) is 5.73 Å². The van der Waals surface area contributed by atoms with Gasteiger partial charge >= 0.3 is 0 Å². The van der Waals surface area contributed by atoms with E-state index < -0.39 is 10.0 Å². The van der Waals surface area contributed by atoms with Crippen LogP contribution in [-0.4, -0.2) is 27.2 Å². The number of nitrogens with zero attached hydrogens (tertiary/aromatic N) is 1. The molecule has 0 aliphatic heterocycles. The summed E-state index contributed by atoms with van der Waals surface area (Å²) in [5.41, 5.74) is 7.07. The lowest BCUT2D eigenvalue weighted by molar-refractivity contribution is 0.112. The second kappa shape index (κ2) is 5.40. The summed E-state index contributed by atoms with van der Waals surface area (Å²) in [6.45, 7) is 0. The molecule has 0 amide bonds. The van der Waals surface area contributed by atoms with Crippen molar-refractivity contribution in [2.75, 3.05) is 6.26 Å². The molecule has 0 bridgehead atoms. The average molecular weight is 252 g/mol. The third-order valence-corrected chi connectivity index (χ3v) is 2.43. The number of benzene rings is 1. The van der Waals surface area contributed by atoms with Gasteiger partial charge in [-0.25, -0.2) is 8.42 Å². The van der Waals surface area contributed by atoms with Crippen molar-refractivity contribution < 1.29 is 13.2 Å². The first-order valence-corrected chi connectivity index (χ1v) is 6.54. The maximum atomic E-state index is 10.9. The van der Waals surface area contributed by atoms with Gasteiger partial charge in [0.2, 0.25) is 10.0 Å². The second-order valence-electron chi connectivity index (χ2n) is 3.33. The lowest BCUT2D eigenvalue weighted by Crippen LogP contribution is -1.95. The molecule has 0 heterocycles. The Morgan fingerprint density at radius 1 is 1.29 bits per heavy atom. The van der Waals surface area contributed by atoms with Crippen LogP contribution in [0, 0.1) is 0 Å². The van der Waals surface area contributed by atoms with Gasteiger partial charge < -0.3 is 5.73 Å². The molecule has 0 aliphatic rings. The minimum absolute atomic E-state index is 0.466. The molecule has 0 aromatic heterocycles. The van der Waals surface area contributed by atoms with Gasteiger partial charge in [0.1, 0.15) is 6.29 Å². The van der Waals surface area contributed by atoms with E-state index in [1.165, 1.54) is 12.4 Å². The number of hydrogen-bond donors (Lipinski definition) is 1. The zero-order valence-corrected chi connectivity index (χ0v) is 10.0. The van der Waals surface area contributed by atoms with Gasteiger partial charge in [0, 0.05) is 23.6 Å². The molecule has 0 saturated carbocycles. The smallest absolute Gasteiger partial charge is 0.250 e. The summed E-state index contributed by atoms with van der Waals surface area (Å²) in [7, 11) is -3.43. The van der Waals surface area contributed by atoms with Gasteiger partial charge in [-0.15, -0.1) is 0 Å². The molecule has 0 aliphatic carbocycles. The summed E-state index contributed by atoms with van der Waals surface area (Å²) < 4.78 is 25.1. The Bertz CT molecular complexity index is 557. The van der Waals surface area contributed by atoms with Crippen molar-refractivity contribution >= 4 is 28.1 Å². The van der Waals surface area contributed by atoms with E-state index >= 15 is 0 Å². The summed E-state index contributed by atoms with van der Waals surface area (Å²) in [4.78, 5) is 10.5. The van der Waals surface area contributed by atoms with Crippen LogP contribution in [0.5, 0.6) is 0 Å². The molecule has 2 N–H and O–H groups in total. The van der Waals surface area contributed by atoms with Crippen LogP contribution in [0.3, 0.4) is 0 Å². The summed E-state index contributed by atoms with van der Waals surface area (Å²) in [6.07, 6.45) is 4.14. The van der Waals surface area contributed by atoms with Gasteiger partial charge in [-0.3, -0.25) is 4.79 Å². The van der Waals surface area contributed by atoms with Crippen LogP contribution in [0.1, 0.15) is 15.9 Å². The molecule has 1 aromatic rings. The van der Waals surface area contributed by atoms with Crippen molar-refractivity contribution in [1.82, 2.24) is 0 Å². The summed E-state index contributed by atoms with van der Waals surface area (Å²) in [5.74, 6) is 0. The van der Waals surface area contributed by atoms with Crippen molar-refractivity contribution in [2.24, 2.45) is 10.1 Å². The number of allylic oxidation sites excluding steroid dienone is 1. The fraction of sp³-hybridized carbons (Fsp3) is 0.0909. The number of carbonyl (C=O) groups excluding carboxylic acids is 1. The molecule has 0 spiro atoms. The van der Waals surface area contributed by atoms with Gasteiger partial charge in [-0.05, 0) is 5.56 Å². The van der Waals surface area contributed by atoms with Crippen molar-refractivity contribution in [3.05, 3.63) is 41.6 Å². The lowest BCUT2D eigenvalue weighted by atomic mass is 10.1. The lowest BCUT2D eigenvalue weighted by Gasteiger charge is -2.00. The van der Waals surface area contributed by atoms with Crippen molar-refractivity contribution in [1.29, 1.82) is 0 Å². The molecule has 5 nitrogen and oxygen atoms in total. The van der Waals surface area contributed by atoms with E-state index in [2.05, 4.69) is 4.40 Å². The average Bonchev–Trinajstić information content (AvgIpc) is 2.29. The number of nitrogens with two attached hydrogens (primary N) is 1. The Labute approximate surface area is 99.7 Å². The van der Waals surface area contributed by atoms with Crippen LogP contribution in [0.4, 0.5) is 0 Å². The molecular weight excluding hydrogens is 240 g/mol. The van der Waals surface area contributed by atoms with E-state index in [9.17, 15) is 13.2 Å². The van der Waals surface area contributed by atoms with Crippen LogP contribution in [0.25, 0.3) is 5.57 Å². The van der Waals surface area contributed by atoms with E-state index in [1.807, 2.05) is 0 Å². The first kappa shape index (κ1) is 13.1. The highest BCUT2D eigenvalue weighted by Crippen LogP contribution is 2.12. The van der Waals surface area contributed by atoms with Crippen LogP contribution >= 0.6 is 0 Å². The molecule has 1 aromatic carbocycles. The first-order chi connectivity index (χ1) is 7.96. The second-order valence-corrected chi connectivity index (χ2v) is 5.01. The maximum absolute atomic E-state index is 10.9. The zero-order valence-electron chi connectivity index (χ0n) is 9.20. The summed E-state index contributed by atoms with van der Waals surface area (Å²) in [6, 6.07) is 6.55. The Balaban J connectivity index is 3.03. The fourth-order valence-electron chi connectivity index (χ4n) is 1.12. The van der Waals surface area contributed by atoms with E-state index in [1.54, 1.807) is 24.3 Å². The topological polar surface area (TPSA) is 89.6 Å². The SMILES string of the molecule is CS(=O)(=O)N=CC(=CN)c1ccc(C=O)cc1. The molecule has 6 heteroatoms. The van der Waals surface area contributed by atoms with E-state index in [0.717, 1.165) is 12.5 Å². The minimum Gasteiger partial charge on any atom is -0.404 e. The van der Waals surface area contributed by atoms with E-state index in [-0.39, 0.29) is 0 Å². The van der Waals surface area contributed by atoms with Crippen molar-refractivity contribution in [3.63, 3.8) is 0 Å². The van der Waals surface area contributed by atoms with Gasteiger partial charge in [-0.2, -0.15) is 4.40 Å². The Morgan fingerprint density at radius 2 is 1.88 bits per heavy atom. The third kappa shape index (κ3) is 4.20. The Morgan fingerprint density at radius 3 is 2.29 bits per heavy atom. The standard InChI is InChI=1S/C11H12N2O3S/c1-17(15,16)13-7-11(6-12)10-4-2-9(8-14)3-5-10/h2-8H,12H2,1H3. The van der Waals surface area contributed by atoms with Gasteiger partial charge in [0.15, 0.2) is 0 Å². The predicted octanol–water partition coefficient (Wildman–Crippen LogP) is 0.829. The molecule has 17 heavy (non-hydrogen) atoms. The number of hydrogen-bond acceptors (Lipinski definition) is 4. The Hall–Kier alpha value is -1.95. The number of sulfonamides is 1. The van der Waals surface area contributed by atoms with Crippen LogP contribution < -0.4 is 5.73 Å². The highest BCUT2D eigenvalue weighted by Gasteiger charge is 2.00. The number of rotatable bonds is 4. The van der Waals surface area contributed by atoms with Crippen molar-refractivity contribution in [3.8, 4) is 0 Å². The molecule has 0 saturated heterocycles. The van der Waals surface area contributed by atoms with Crippen molar-refractivity contribution in [2.45, 2.75) is 0 Å². The van der Waals surface area contributed by atoms with Gasteiger partial charge in [-0.1, -0.05) is 24.3 Å². The highest BCUT2D eigenvalue weighted by molar-refractivity contribution is 7.89. The molecular formula is C11H12N2O3S. The van der Waals surface area contributed by atoms with E-state index in [0.29, 0.717) is 16.7 Å². The number of aldehydes is 1. The number of carbonyl (C=O) groups is 1. The van der Waals surface area contributed by atoms with Crippen LogP contribution in [0.2, 0.25) is 0 Å². The van der Waals surface area contributed by atoms with Crippen LogP contribution in [0.15, 0.2) is 34.9 Å². The fourth-order valence-corrected chi connectivity index (χ4v) is 1.43. The summed E-state index contributed by atoms with van der Waals surface area (Å²) >= 11 is 0. The Kier molecular flexibility index (Phi) is 4.17. The normalized spacial score (nSPS) is 12.9. The molecule has 0 atom stereocenters. The van der Waals surface area contributed by atoms with Crippen LogP contribution in [-0.2, 0) is 10.0 Å². The minimum atomic E-state index is -3.43. The van der Waals surface area contributed by atoms with Gasteiger partial charge in [0.05, 0.1) is 6.26 Å². The molecule has 0 radical (unpaired) electrons. The monoisotopic (exact) mass is 252 g/mol. The molecule has 0 unspecified atom stereocenters. The molecule has 1 rings (SSSR count). The molecule has 0 fully saturated rings. The quantitative estimate of drug-likeness (QED) is 0.634. The third-order valence-electron chi connectivity index (χ3n) is 1.94. The summed E-state index contributed by atoms with van der Waals surface area (Å²) in [5, 5.41) is 0. The first-order valence-electron chi connectivity index (χ1n) is 4.69. The molecule has 90 valence electrons. The largest absolute Gasteiger partial charge is 0.404 e. The highest BCUT2D eigenvalue weighted by atomic mass is 32.2. The maximum Gasteiger partial charge on any atom is 0.250 e.